The van der Waals surface area contributed by atoms with Gasteiger partial charge in [0, 0.05) is 18.2 Å². The molecule has 1 aliphatic carbocycles. The van der Waals surface area contributed by atoms with Gasteiger partial charge in [0.15, 0.2) is 0 Å². The Morgan fingerprint density at radius 2 is 2.19 bits per heavy atom. The molecule has 3 N–H and O–H groups in total. The van der Waals surface area contributed by atoms with Crippen LogP contribution in [0.3, 0.4) is 0 Å². The van der Waals surface area contributed by atoms with E-state index in [4.69, 9.17) is 5.73 Å². The molecule has 1 aliphatic rings. The standard InChI is InChI=1S/C13H18N2O/c1-9(10-6-7-10)13(16)15-12-5-3-2-4-11(12)8-14/h2-5,9-10H,6-8,14H2,1H3,(H,15,16). The smallest absolute Gasteiger partial charge is 0.227 e. The van der Waals surface area contributed by atoms with Crippen LogP contribution in [0.1, 0.15) is 25.3 Å². The minimum absolute atomic E-state index is 0.114. The second-order valence-corrected chi connectivity index (χ2v) is 4.48. The lowest BCUT2D eigenvalue weighted by Gasteiger charge is -2.13. The predicted molar refractivity (Wildman–Crippen MR) is 64.9 cm³/mol. The molecular weight excluding hydrogens is 200 g/mol. The van der Waals surface area contributed by atoms with Crippen LogP contribution in [0, 0.1) is 11.8 Å². The highest BCUT2D eigenvalue weighted by Gasteiger charge is 2.32. The van der Waals surface area contributed by atoms with Gasteiger partial charge in [-0.05, 0) is 30.4 Å². The summed E-state index contributed by atoms with van der Waals surface area (Å²) in [5.74, 6) is 0.819. The Morgan fingerprint density at radius 3 is 2.81 bits per heavy atom. The lowest BCUT2D eigenvalue weighted by molar-refractivity contribution is -0.119. The lowest BCUT2D eigenvalue weighted by atomic mass is 10.1. The molecule has 0 saturated heterocycles. The number of hydrogen-bond acceptors (Lipinski definition) is 2. The highest BCUT2D eigenvalue weighted by atomic mass is 16.1. The normalized spacial score (nSPS) is 16.9. The van der Waals surface area contributed by atoms with E-state index in [9.17, 15) is 4.79 Å². The Labute approximate surface area is 96.0 Å². The van der Waals surface area contributed by atoms with E-state index in [1.54, 1.807) is 0 Å². The maximum atomic E-state index is 11.9. The molecule has 0 spiro atoms. The number of amides is 1. The fourth-order valence-electron chi connectivity index (χ4n) is 1.88. The summed E-state index contributed by atoms with van der Waals surface area (Å²) in [5, 5.41) is 2.96. The van der Waals surface area contributed by atoms with Crippen LogP contribution in [0.2, 0.25) is 0 Å². The summed E-state index contributed by atoms with van der Waals surface area (Å²) in [6.45, 7) is 2.45. The summed E-state index contributed by atoms with van der Waals surface area (Å²) in [6.07, 6.45) is 2.38. The predicted octanol–water partition coefficient (Wildman–Crippen LogP) is 2.13. The average Bonchev–Trinajstić information content (AvgIpc) is 3.12. The third-order valence-corrected chi connectivity index (χ3v) is 3.24. The molecule has 0 bridgehead atoms. The maximum Gasteiger partial charge on any atom is 0.227 e. The molecule has 0 aromatic heterocycles. The quantitative estimate of drug-likeness (QED) is 0.813. The average molecular weight is 218 g/mol. The minimum atomic E-state index is 0.114. The number of carbonyl (C=O) groups excluding carboxylic acids is 1. The monoisotopic (exact) mass is 218 g/mol. The van der Waals surface area contributed by atoms with Crippen molar-refractivity contribution in [3.63, 3.8) is 0 Å². The topological polar surface area (TPSA) is 55.1 Å². The van der Waals surface area contributed by atoms with E-state index < -0.39 is 0 Å². The fourth-order valence-corrected chi connectivity index (χ4v) is 1.88. The van der Waals surface area contributed by atoms with E-state index in [1.807, 2.05) is 31.2 Å². The van der Waals surface area contributed by atoms with Crippen molar-refractivity contribution in [1.29, 1.82) is 0 Å². The molecule has 1 unspecified atom stereocenters. The van der Waals surface area contributed by atoms with Crippen LogP contribution in [-0.4, -0.2) is 5.91 Å². The second kappa shape index (κ2) is 4.66. The number of rotatable bonds is 4. The molecule has 0 heterocycles. The first-order valence-corrected chi connectivity index (χ1v) is 5.81. The molecule has 3 nitrogen and oxygen atoms in total. The third-order valence-electron chi connectivity index (χ3n) is 3.24. The van der Waals surface area contributed by atoms with Gasteiger partial charge in [0.1, 0.15) is 0 Å². The minimum Gasteiger partial charge on any atom is -0.326 e. The Morgan fingerprint density at radius 1 is 1.50 bits per heavy atom. The summed E-state index contributed by atoms with van der Waals surface area (Å²) >= 11 is 0. The van der Waals surface area contributed by atoms with Gasteiger partial charge in [0.2, 0.25) is 5.91 Å². The zero-order valence-corrected chi connectivity index (χ0v) is 9.57. The number of nitrogens with one attached hydrogen (secondary N) is 1. The lowest BCUT2D eigenvalue weighted by Crippen LogP contribution is -2.22. The van der Waals surface area contributed by atoms with Crippen LogP contribution in [0.4, 0.5) is 5.69 Å². The fraction of sp³-hybridized carbons (Fsp3) is 0.462. The van der Waals surface area contributed by atoms with Crippen molar-refractivity contribution in [2.75, 3.05) is 5.32 Å². The van der Waals surface area contributed by atoms with Crippen molar-refractivity contribution in [3.05, 3.63) is 29.8 Å². The molecule has 3 heteroatoms. The number of benzene rings is 1. The van der Waals surface area contributed by atoms with E-state index in [1.165, 1.54) is 12.8 Å². The van der Waals surface area contributed by atoms with Crippen molar-refractivity contribution in [2.45, 2.75) is 26.3 Å². The zero-order chi connectivity index (χ0) is 11.5. The molecule has 0 radical (unpaired) electrons. The van der Waals surface area contributed by atoms with E-state index in [0.29, 0.717) is 12.5 Å². The van der Waals surface area contributed by atoms with Gasteiger partial charge in [-0.25, -0.2) is 0 Å². The van der Waals surface area contributed by atoms with Crippen molar-refractivity contribution in [3.8, 4) is 0 Å². The van der Waals surface area contributed by atoms with Gasteiger partial charge in [-0.2, -0.15) is 0 Å². The largest absolute Gasteiger partial charge is 0.326 e. The highest BCUT2D eigenvalue weighted by Crippen LogP contribution is 2.37. The second-order valence-electron chi connectivity index (χ2n) is 4.48. The Kier molecular flexibility index (Phi) is 3.25. The summed E-state index contributed by atoms with van der Waals surface area (Å²) in [5.41, 5.74) is 7.46. The first kappa shape index (κ1) is 11.1. The highest BCUT2D eigenvalue weighted by molar-refractivity contribution is 5.93. The van der Waals surface area contributed by atoms with E-state index in [2.05, 4.69) is 5.32 Å². The van der Waals surface area contributed by atoms with Gasteiger partial charge in [-0.15, -0.1) is 0 Å². The molecule has 1 saturated carbocycles. The summed E-state index contributed by atoms with van der Waals surface area (Å²) in [7, 11) is 0. The summed E-state index contributed by atoms with van der Waals surface area (Å²) in [6, 6.07) is 7.69. The molecular formula is C13H18N2O. The van der Waals surface area contributed by atoms with Gasteiger partial charge < -0.3 is 11.1 Å². The number of para-hydroxylation sites is 1. The Bertz CT molecular complexity index is 385. The van der Waals surface area contributed by atoms with Crippen molar-refractivity contribution >= 4 is 11.6 Å². The number of carbonyl (C=O) groups is 1. The van der Waals surface area contributed by atoms with Gasteiger partial charge in [-0.3, -0.25) is 4.79 Å². The maximum absolute atomic E-state index is 11.9. The number of anilines is 1. The molecule has 1 aromatic rings. The van der Waals surface area contributed by atoms with E-state index in [0.717, 1.165) is 11.3 Å². The van der Waals surface area contributed by atoms with E-state index >= 15 is 0 Å². The SMILES string of the molecule is CC(C(=O)Nc1ccccc1CN)C1CC1. The van der Waals surface area contributed by atoms with Crippen LogP contribution < -0.4 is 11.1 Å². The van der Waals surface area contributed by atoms with Gasteiger partial charge >= 0.3 is 0 Å². The van der Waals surface area contributed by atoms with Crippen LogP contribution in [0.5, 0.6) is 0 Å². The molecule has 1 fully saturated rings. The Hall–Kier alpha value is -1.35. The summed E-state index contributed by atoms with van der Waals surface area (Å²) in [4.78, 5) is 11.9. The van der Waals surface area contributed by atoms with Gasteiger partial charge in [-0.1, -0.05) is 25.1 Å². The molecule has 2 rings (SSSR count). The van der Waals surface area contributed by atoms with Crippen LogP contribution in [-0.2, 0) is 11.3 Å². The summed E-state index contributed by atoms with van der Waals surface area (Å²) < 4.78 is 0. The van der Waals surface area contributed by atoms with E-state index in [-0.39, 0.29) is 11.8 Å². The number of hydrogen-bond donors (Lipinski definition) is 2. The zero-order valence-electron chi connectivity index (χ0n) is 9.57. The van der Waals surface area contributed by atoms with Crippen molar-refractivity contribution in [1.82, 2.24) is 0 Å². The Balaban J connectivity index is 2.04. The molecule has 1 amide bonds. The van der Waals surface area contributed by atoms with Crippen molar-refractivity contribution in [2.24, 2.45) is 17.6 Å². The van der Waals surface area contributed by atoms with Crippen molar-refractivity contribution < 1.29 is 4.79 Å². The first-order chi connectivity index (χ1) is 7.72. The third kappa shape index (κ3) is 2.42. The van der Waals surface area contributed by atoms with Gasteiger partial charge in [0.25, 0.3) is 0 Å². The van der Waals surface area contributed by atoms with Crippen LogP contribution >= 0.6 is 0 Å². The molecule has 16 heavy (non-hydrogen) atoms. The van der Waals surface area contributed by atoms with Gasteiger partial charge in [0.05, 0.1) is 0 Å². The molecule has 0 aliphatic heterocycles. The molecule has 1 atom stereocenters. The molecule has 86 valence electrons. The number of nitrogens with two attached hydrogens (primary N) is 1. The molecule has 1 aromatic carbocycles. The van der Waals surface area contributed by atoms with Crippen LogP contribution in [0.25, 0.3) is 0 Å². The van der Waals surface area contributed by atoms with Crippen LogP contribution in [0.15, 0.2) is 24.3 Å². The first-order valence-electron chi connectivity index (χ1n) is 5.81.